The lowest BCUT2D eigenvalue weighted by molar-refractivity contribution is -0.0588. The van der Waals surface area contributed by atoms with Gasteiger partial charge in [-0.05, 0) is 24.0 Å². The van der Waals surface area contributed by atoms with Crippen LogP contribution in [0.1, 0.15) is 50.7 Å². The molecule has 2 unspecified atom stereocenters. The molecule has 0 aliphatic heterocycles. The molecule has 5 heteroatoms. The third-order valence-corrected chi connectivity index (χ3v) is 5.67. The maximum Gasteiger partial charge on any atom is 0.0849 e. The standard InChI is InChI=1S/C30H46O5/c1-3-5-17-32-25-29(23-27-13-9-7-10-14-27)34-21-19-31-20-22-35-30(26-33-18-6-4-2)24-28-15-11-8-12-16-28/h7-16,29-30H,3-6,17-26H2,1-2H3. The van der Waals surface area contributed by atoms with Crippen LogP contribution >= 0.6 is 0 Å². The van der Waals surface area contributed by atoms with Gasteiger partial charge in [-0.1, -0.05) is 87.4 Å². The molecule has 196 valence electrons. The molecule has 2 aromatic carbocycles. The van der Waals surface area contributed by atoms with E-state index in [9.17, 15) is 0 Å². The topological polar surface area (TPSA) is 46.2 Å². The van der Waals surface area contributed by atoms with E-state index in [4.69, 9.17) is 23.7 Å². The molecule has 2 aromatic rings. The zero-order valence-corrected chi connectivity index (χ0v) is 21.9. The summed E-state index contributed by atoms with van der Waals surface area (Å²) in [5, 5.41) is 0. The molecule has 0 bridgehead atoms. The van der Waals surface area contributed by atoms with Crippen molar-refractivity contribution in [2.24, 2.45) is 0 Å². The van der Waals surface area contributed by atoms with Crippen molar-refractivity contribution in [1.29, 1.82) is 0 Å². The molecule has 0 amide bonds. The van der Waals surface area contributed by atoms with Crippen LogP contribution in [0.25, 0.3) is 0 Å². The Morgan fingerprint density at radius 3 is 1.34 bits per heavy atom. The fourth-order valence-electron chi connectivity index (χ4n) is 3.66. The summed E-state index contributed by atoms with van der Waals surface area (Å²) in [6.07, 6.45) is 6.18. The third kappa shape index (κ3) is 15.1. The second-order valence-corrected chi connectivity index (χ2v) is 8.83. The van der Waals surface area contributed by atoms with Crippen LogP contribution < -0.4 is 0 Å². The Bertz CT molecular complexity index is 648. The third-order valence-electron chi connectivity index (χ3n) is 5.67. The highest BCUT2D eigenvalue weighted by Gasteiger charge is 2.12. The van der Waals surface area contributed by atoms with E-state index in [0.29, 0.717) is 39.6 Å². The smallest absolute Gasteiger partial charge is 0.0849 e. The van der Waals surface area contributed by atoms with E-state index in [1.165, 1.54) is 11.1 Å². The molecule has 0 radical (unpaired) electrons. The molecule has 0 saturated heterocycles. The summed E-state index contributed by atoms with van der Waals surface area (Å²) in [5.74, 6) is 0. The molecule has 0 fully saturated rings. The van der Waals surface area contributed by atoms with Gasteiger partial charge < -0.3 is 23.7 Å². The van der Waals surface area contributed by atoms with Crippen LogP contribution in [0.15, 0.2) is 60.7 Å². The minimum atomic E-state index is 0.0321. The van der Waals surface area contributed by atoms with Crippen LogP contribution in [-0.2, 0) is 36.5 Å². The lowest BCUT2D eigenvalue weighted by atomic mass is 10.1. The lowest BCUT2D eigenvalue weighted by Crippen LogP contribution is -2.26. The number of hydrogen-bond donors (Lipinski definition) is 0. The largest absolute Gasteiger partial charge is 0.379 e. The van der Waals surface area contributed by atoms with Crippen LogP contribution in [0.5, 0.6) is 0 Å². The van der Waals surface area contributed by atoms with Gasteiger partial charge in [0.15, 0.2) is 0 Å². The van der Waals surface area contributed by atoms with E-state index < -0.39 is 0 Å². The predicted octanol–water partition coefficient (Wildman–Crippen LogP) is 5.89. The normalized spacial score (nSPS) is 13.1. The molecule has 0 aromatic heterocycles. The molecule has 2 atom stereocenters. The quantitative estimate of drug-likeness (QED) is 0.194. The summed E-state index contributed by atoms with van der Waals surface area (Å²) in [7, 11) is 0. The van der Waals surface area contributed by atoms with E-state index >= 15 is 0 Å². The summed E-state index contributed by atoms with van der Waals surface area (Å²) in [5.41, 5.74) is 2.52. The molecule has 0 spiro atoms. The number of unbranched alkanes of at least 4 members (excludes halogenated alkanes) is 2. The van der Waals surface area contributed by atoms with Gasteiger partial charge in [-0.25, -0.2) is 0 Å². The fourth-order valence-corrected chi connectivity index (χ4v) is 3.66. The van der Waals surface area contributed by atoms with E-state index in [-0.39, 0.29) is 12.2 Å². The molecule has 5 nitrogen and oxygen atoms in total. The highest BCUT2D eigenvalue weighted by atomic mass is 16.6. The molecule has 0 saturated carbocycles. The summed E-state index contributed by atoms with van der Waals surface area (Å²) in [6, 6.07) is 20.9. The van der Waals surface area contributed by atoms with Gasteiger partial charge in [-0.15, -0.1) is 0 Å². The Morgan fingerprint density at radius 2 is 0.943 bits per heavy atom. The van der Waals surface area contributed by atoms with Crippen molar-refractivity contribution >= 4 is 0 Å². The Morgan fingerprint density at radius 1 is 0.514 bits per heavy atom. The first-order valence-electron chi connectivity index (χ1n) is 13.4. The van der Waals surface area contributed by atoms with Crippen molar-refractivity contribution in [3.05, 3.63) is 71.8 Å². The highest BCUT2D eigenvalue weighted by molar-refractivity contribution is 5.16. The van der Waals surface area contributed by atoms with E-state index in [0.717, 1.165) is 51.7 Å². The minimum Gasteiger partial charge on any atom is -0.379 e. The molecule has 2 rings (SSSR count). The van der Waals surface area contributed by atoms with Gasteiger partial charge in [-0.3, -0.25) is 0 Å². The second kappa shape index (κ2) is 20.4. The first kappa shape index (κ1) is 29.5. The zero-order valence-electron chi connectivity index (χ0n) is 21.9. The van der Waals surface area contributed by atoms with Crippen molar-refractivity contribution in [3.8, 4) is 0 Å². The molecular formula is C30H46O5. The van der Waals surface area contributed by atoms with Crippen LogP contribution in [0, 0.1) is 0 Å². The first-order chi connectivity index (χ1) is 17.3. The van der Waals surface area contributed by atoms with Crippen molar-refractivity contribution in [1.82, 2.24) is 0 Å². The van der Waals surface area contributed by atoms with Gasteiger partial charge >= 0.3 is 0 Å². The van der Waals surface area contributed by atoms with Gasteiger partial charge in [0.05, 0.1) is 51.8 Å². The monoisotopic (exact) mass is 486 g/mol. The summed E-state index contributed by atoms with van der Waals surface area (Å²) in [4.78, 5) is 0. The Hall–Kier alpha value is -1.76. The summed E-state index contributed by atoms with van der Waals surface area (Å²) in [6.45, 7) is 9.30. The Labute approximate surface area is 213 Å². The molecule has 35 heavy (non-hydrogen) atoms. The lowest BCUT2D eigenvalue weighted by Gasteiger charge is -2.19. The van der Waals surface area contributed by atoms with Gasteiger partial charge in [0.2, 0.25) is 0 Å². The Balaban J connectivity index is 1.65. The van der Waals surface area contributed by atoms with Gasteiger partial charge in [0.1, 0.15) is 0 Å². The Kier molecular flexibility index (Phi) is 17.2. The van der Waals surface area contributed by atoms with Crippen LogP contribution in [0.2, 0.25) is 0 Å². The first-order valence-corrected chi connectivity index (χ1v) is 13.4. The molecular weight excluding hydrogens is 440 g/mol. The average Bonchev–Trinajstić information content (AvgIpc) is 2.89. The van der Waals surface area contributed by atoms with Crippen molar-refractivity contribution in [3.63, 3.8) is 0 Å². The average molecular weight is 487 g/mol. The van der Waals surface area contributed by atoms with Crippen molar-refractivity contribution < 1.29 is 23.7 Å². The fraction of sp³-hybridized carbons (Fsp3) is 0.600. The number of rotatable bonds is 22. The van der Waals surface area contributed by atoms with Crippen molar-refractivity contribution in [2.75, 3.05) is 52.9 Å². The van der Waals surface area contributed by atoms with E-state index in [1.807, 2.05) is 12.1 Å². The maximum absolute atomic E-state index is 6.10. The molecule has 0 N–H and O–H groups in total. The number of ether oxygens (including phenoxy) is 5. The van der Waals surface area contributed by atoms with Crippen LogP contribution in [0.3, 0.4) is 0 Å². The number of hydrogen-bond acceptors (Lipinski definition) is 5. The minimum absolute atomic E-state index is 0.0321. The van der Waals surface area contributed by atoms with Gasteiger partial charge in [0, 0.05) is 26.1 Å². The molecule has 0 aliphatic carbocycles. The highest BCUT2D eigenvalue weighted by Crippen LogP contribution is 2.09. The predicted molar refractivity (Wildman–Crippen MR) is 142 cm³/mol. The van der Waals surface area contributed by atoms with Gasteiger partial charge in [0.25, 0.3) is 0 Å². The van der Waals surface area contributed by atoms with Crippen LogP contribution in [-0.4, -0.2) is 65.1 Å². The maximum atomic E-state index is 6.10. The second-order valence-electron chi connectivity index (χ2n) is 8.83. The van der Waals surface area contributed by atoms with E-state index in [1.54, 1.807) is 0 Å². The van der Waals surface area contributed by atoms with Crippen LogP contribution in [0.4, 0.5) is 0 Å². The summed E-state index contributed by atoms with van der Waals surface area (Å²) >= 11 is 0. The SMILES string of the molecule is CCCCOCC(Cc1ccccc1)OCCOCCOC(COCCCC)Cc1ccccc1. The number of benzene rings is 2. The molecule has 0 heterocycles. The van der Waals surface area contributed by atoms with Gasteiger partial charge in [-0.2, -0.15) is 0 Å². The summed E-state index contributed by atoms with van der Waals surface area (Å²) < 4.78 is 29.6. The zero-order chi connectivity index (χ0) is 24.8. The van der Waals surface area contributed by atoms with Crippen molar-refractivity contribution in [2.45, 2.75) is 64.6 Å². The molecule has 0 aliphatic rings. The van der Waals surface area contributed by atoms with E-state index in [2.05, 4.69) is 62.4 Å².